The van der Waals surface area contributed by atoms with Gasteiger partial charge in [-0.3, -0.25) is 0 Å². The molecule has 1 aromatic rings. The van der Waals surface area contributed by atoms with Gasteiger partial charge in [-0.05, 0) is 12.1 Å². The maximum absolute atomic E-state index is 11.0. The standard InChI is InChI=1S/C7H8BO3S/c1-12(10,11)7-4-2-6(8-9)3-5-7/h2-5,9H,1H3. The monoisotopic (exact) mass is 183 g/mol. The van der Waals surface area contributed by atoms with Gasteiger partial charge < -0.3 is 5.02 Å². The summed E-state index contributed by atoms with van der Waals surface area (Å²) < 4.78 is 21.9. The van der Waals surface area contributed by atoms with Crippen molar-refractivity contribution in [1.29, 1.82) is 0 Å². The lowest BCUT2D eigenvalue weighted by molar-refractivity contribution is 0.601. The van der Waals surface area contributed by atoms with E-state index in [0.29, 0.717) is 5.46 Å². The van der Waals surface area contributed by atoms with Gasteiger partial charge in [-0.2, -0.15) is 0 Å². The zero-order valence-corrected chi connectivity index (χ0v) is 7.38. The van der Waals surface area contributed by atoms with E-state index >= 15 is 0 Å². The molecule has 1 N–H and O–H groups in total. The average Bonchev–Trinajstić information content (AvgIpc) is 2.03. The molecule has 1 radical (unpaired) electrons. The fraction of sp³-hybridized carbons (Fsp3) is 0.143. The number of hydrogen-bond donors (Lipinski definition) is 1. The van der Waals surface area contributed by atoms with Gasteiger partial charge in [-0.1, -0.05) is 17.6 Å². The zero-order chi connectivity index (χ0) is 9.19. The molecular weight excluding hydrogens is 175 g/mol. The Bertz CT molecular complexity index is 355. The normalized spacial score (nSPS) is 11.2. The summed E-state index contributed by atoms with van der Waals surface area (Å²) in [5.74, 6) is 0. The van der Waals surface area contributed by atoms with Crippen LogP contribution in [0.1, 0.15) is 0 Å². The van der Waals surface area contributed by atoms with Crippen LogP contribution in [-0.4, -0.2) is 27.2 Å². The molecule has 0 aliphatic carbocycles. The molecule has 5 heteroatoms. The van der Waals surface area contributed by atoms with Gasteiger partial charge >= 0.3 is 7.48 Å². The van der Waals surface area contributed by atoms with Crippen molar-refractivity contribution in [3.05, 3.63) is 24.3 Å². The highest BCUT2D eigenvalue weighted by Gasteiger charge is 2.05. The smallest absolute Gasteiger partial charge is 0.326 e. The van der Waals surface area contributed by atoms with Crippen molar-refractivity contribution in [2.75, 3.05) is 6.26 Å². The van der Waals surface area contributed by atoms with E-state index < -0.39 is 9.84 Å². The highest BCUT2D eigenvalue weighted by molar-refractivity contribution is 7.90. The number of benzene rings is 1. The third-order valence-corrected chi connectivity index (χ3v) is 2.59. The van der Waals surface area contributed by atoms with Crippen LogP contribution < -0.4 is 5.46 Å². The summed E-state index contributed by atoms with van der Waals surface area (Å²) >= 11 is 0. The van der Waals surface area contributed by atoms with E-state index in [-0.39, 0.29) is 4.90 Å². The molecule has 3 nitrogen and oxygen atoms in total. The summed E-state index contributed by atoms with van der Waals surface area (Å²) in [7, 11) is -2.20. The first-order valence-electron chi connectivity index (χ1n) is 3.31. The quantitative estimate of drug-likeness (QED) is 0.618. The van der Waals surface area contributed by atoms with Gasteiger partial charge in [0.15, 0.2) is 9.84 Å². The van der Waals surface area contributed by atoms with Crippen LogP contribution in [0.5, 0.6) is 0 Å². The van der Waals surface area contributed by atoms with E-state index in [0.717, 1.165) is 13.7 Å². The molecule has 1 rings (SSSR count). The maximum atomic E-state index is 11.0. The topological polar surface area (TPSA) is 54.4 Å². The van der Waals surface area contributed by atoms with Gasteiger partial charge in [0.2, 0.25) is 0 Å². The Morgan fingerprint density at radius 1 is 1.25 bits per heavy atom. The van der Waals surface area contributed by atoms with Gasteiger partial charge in [0.25, 0.3) is 0 Å². The molecule has 0 atom stereocenters. The van der Waals surface area contributed by atoms with Crippen molar-refractivity contribution in [2.24, 2.45) is 0 Å². The van der Waals surface area contributed by atoms with Crippen LogP contribution in [0.25, 0.3) is 0 Å². The van der Waals surface area contributed by atoms with Crippen LogP contribution in [0.15, 0.2) is 29.2 Å². The zero-order valence-electron chi connectivity index (χ0n) is 6.56. The Morgan fingerprint density at radius 3 is 2.08 bits per heavy atom. The minimum absolute atomic E-state index is 0.258. The first kappa shape index (κ1) is 9.28. The van der Waals surface area contributed by atoms with Gasteiger partial charge in [-0.15, -0.1) is 0 Å². The Balaban J connectivity index is 3.09. The molecule has 12 heavy (non-hydrogen) atoms. The van der Waals surface area contributed by atoms with Gasteiger partial charge in [-0.25, -0.2) is 8.42 Å². The van der Waals surface area contributed by atoms with Crippen molar-refractivity contribution < 1.29 is 13.4 Å². The molecule has 0 saturated carbocycles. The molecule has 0 heterocycles. The predicted octanol–water partition coefficient (Wildman–Crippen LogP) is -0.673. The van der Waals surface area contributed by atoms with Gasteiger partial charge in [0.05, 0.1) is 4.90 Å². The molecule has 63 valence electrons. The number of rotatable bonds is 2. The molecule has 0 aliphatic heterocycles. The Kier molecular flexibility index (Phi) is 2.54. The van der Waals surface area contributed by atoms with Crippen molar-refractivity contribution >= 4 is 22.8 Å². The minimum Gasteiger partial charge on any atom is -0.450 e. The molecule has 0 saturated heterocycles. The van der Waals surface area contributed by atoms with Crippen LogP contribution in [0.4, 0.5) is 0 Å². The molecule has 0 bridgehead atoms. The predicted molar refractivity (Wildman–Crippen MR) is 47.2 cm³/mol. The van der Waals surface area contributed by atoms with Gasteiger partial charge in [0.1, 0.15) is 0 Å². The molecular formula is C7H8BO3S. The van der Waals surface area contributed by atoms with Crippen LogP contribution in [-0.2, 0) is 9.84 Å². The van der Waals surface area contributed by atoms with Crippen LogP contribution in [0.3, 0.4) is 0 Å². The average molecular weight is 183 g/mol. The van der Waals surface area contributed by atoms with E-state index in [9.17, 15) is 8.42 Å². The first-order valence-corrected chi connectivity index (χ1v) is 5.21. The summed E-state index contributed by atoms with van der Waals surface area (Å²) in [6.45, 7) is 0. The molecule has 0 fully saturated rings. The maximum Gasteiger partial charge on any atom is 0.326 e. The Labute approximate surface area is 72.2 Å². The fourth-order valence-corrected chi connectivity index (χ4v) is 1.43. The Hall–Kier alpha value is -0.805. The molecule has 0 amide bonds. The summed E-state index contributed by atoms with van der Waals surface area (Å²) in [5.41, 5.74) is 0.586. The summed E-state index contributed by atoms with van der Waals surface area (Å²) in [6, 6.07) is 5.99. The molecule has 0 unspecified atom stereocenters. The minimum atomic E-state index is -3.12. The lowest BCUT2D eigenvalue weighted by Gasteiger charge is -1.97. The van der Waals surface area contributed by atoms with E-state index in [2.05, 4.69) is 0 Å². The summed E-state index contributed by atoms with van der Waals surface area (Å²) in [6.07, 6.45) is 1.14. The Morgan fingerprint density at radius 2 is 1.75 bits per heavy atom. The van der Waals surface area contributed by atoms with E-state index in [1.54, 1.807) is 0 Å². The van der Waals surface area contributed by atoms with Crippen LogP contribution >= 0.6 is 0 Å². The molecule has 0 spiro atoms. The summed E-state index contributed by atoms with van der Waals surface area (Å²) in [4.78, 5) is 0.258. The van der Waals surface area contributed by atoms with Crippen molar-refractivity contribution in [3.8, 4) is 0 Å². The highest BCUT2D eigenvalue weighted by atomic mass is 32.2. The second kappa shape index (κ2) is 3.29. The largest absolute Gasteiger partial charge is 0.450 e. The lowest BCUT2D eigenvalue weighted by Crippen LogP contribution is -2.13. The second-order valence-corrected chi connectivity index (χ2v) is 4.49. The SMILES string of the molecule is CS(=O)(=O)c1ccc([B]O)cc1. The van der Waals surface area contributed by atoms with E-state index in [1.165, 1.54) is 24.3 Å². The fourth-order valence-electron chi connectivity index (χ4n) is 0.801. The van der Waals surface area contributed by atoms with Gasteiger partial charge in [0, 0.05) is 6.26 Å². The molecule has 0 aliphatic rings. The van der Waals surface area contributed by atoms with Crippen molar-refractivity contribution in [2.45, 2.75) is 4.90 Å². The van der Waals surface area contributed by atoms with Crippen LogP contribution in [0.2, 0.25) is 0 Å². The van der Waals surface area contributed by atoms with Crippen LogP contribution in [0, 0.1) is 0 Å². The van der Waals surface area contributed by atoms with E-state index in [1.807, 2.05) is 0 Å². The lowest BCUT2D eigenvalue weighted by atomic mass is 9.89. The molecule has 0 aromatic heterocycles. The van der Waals surface area contributed by atoms with E-state index in [4.69, 9.17) is 5.02 Å². The number of sulfone groups is 1. The first-order chi connectivity index (χ1) is 5.54. The second-order valence-electron chi connectivity index (χ2n) is 2.47. The highest BCUT2D eigenvalue weighted by Crippen LogP contribution is 2.04. The van der Waals surface area contributed by atoms with Crippen molar-refractivity contribution in [3.63, 3.8) is 0 Å². The third-order valence-electron chi connectivity index (χ3n) is 1.46. The summed E-state index contributed by atoms with van der Waals surface area (Å²) in [5, 5.41) is 8.56. The molecule has 1 aromatic carbocycles. The number of hydrogen-bond acceptors (Lipinski definition) is 3. The third kappa shape index (κ3) is 2.09. The van der Waals surface area contributed by atoms with Crippen molar-refractivity contribution in [1.82, 2.24) is 0 Å².